The van der Waals surface area contributed by atoms with Gasteiger partial charge in [-0.25, -0.2) is 0 Å². The summed E-state index contributed by atoms with van der Waals surface area (Å²) in [5.41, 5.74) is 0. The van der Waals surface area contributed by atoms with E-state index in [1.165, 1.54) is 392 Å². The van der Waals surface area contributed by atoms with Gasteiger partial charge in [-0.1, -0.05) is 431 Å². The molecule has 0 radical (unpaired) electrons. The molecule has 0 bridgehead atoms. The van der Waals surface area contributed by atoms with Gasteiger partial charge in [0.15, 0.2) is 12.4 Å². The lowest BCUT2D eigenvalue weighted by atomic mass is 10.0. The van der Waals surface area contributed by atoms with Gasteiger partial charge < -0.3 is 33.3 Å². The van der Waals surface area contributed by atoms with Crippen LogP contribution in [-0.4, -0.2) is 82.3 Å². The summed E-state index contributed by atoms with van der Waals surface area (Å²) in [6, 6.07) is 0. The van der Waals surface area contributed by atoms with Gasteiger partial charge in [-0.15, -0.1) is 0 Å². The van der Waals surface area contributed by atoms with Gasteiger partial charge in [0.2, 0.25) is 0 Å². The Labute approximate surface area is 574 Å². The third-order valence-electron chi connectivity index (χ3n) is 19.6. The van der Waals surface area contributed by atoms with Crippen LogP contribution in [0.15, 0.2) is 0 Å². The molecule has 0 spiro atoms. The summed E-state index contributed by atoms with van der Waals surface area (Å²) in [5, 5.41) is 11.9. The predicted molar refractivity (Wildman–Crippen MR) is 394 cm³/mol. The van der Waals surface area contributed by atoms with Crippen LogP contribution in [0.5, 0.6) is 0 Å². The van der Waals surface area contributed by atoms with Gasteiger partial charge in [0.05, 0.1) is 40.3 Å². The molecule has 0 aliphatic rings. The Hall–Kier alpha value is -1.71. The monoisotopic (exact) mass is 1300 g/mol. The van der Waals surface area contributed by atoms with Crippen LogP contribution < -0.4 is 5.11 Å². The van der Waals surface area contributed by atoms with Gasteiger partial charge in [0, 0.05) is 12.8 Å². The number of hydrogen-bond donors (Lipinski definition) is 0. The van der Waals surface area contributed by atoms with Gasteiger partial charge in [0.1, 0.15) is 13.2 Å². The summed E-state index contributed by atoms with van der Waals surface area (Å²) in [6.07, 6.45) is 89.7. The first kappa shape index (κ1) is 90.3. The Morgan fingerprint density at radius 1 is 0.283 bits per heavy atom. The van der Waals surface area contributed by atoms with Crippen LogP contribution in [0.2, 0.25) is 0 Å². The maximum Gasteiger partial charge on any atom is 0.306 e. The molecule has 0 saturated carbocycles. The molecular weight excluding hydrogens is 1140 g/mol. The standard InChI is InChI=1S/C83H163NO8/c1-6-8-10-12-14-16-18-20-22-24-26-28-30-32-34-36-37-38-39-40-41-42-43-44-45-46-48-50-52-54-56-58-60-62-64-66-68-70-72-74-81(86)92-79(78-91-83(82(87)88)89-76-75-84(3,4)5)77-90-80(85)73-71-69-67-65-63-61-59-57-55-53-51-49-47-35-33-31-29-27-25-23-21-19-17-15-13-11-9-7-2/h79,83H,6-78H2,1-5H3. The molecule has 92 heavy (non-hydrogen) atoms. The van der Waals surface area contributed by atoms with Crippen molar-refractivity contribution in [2.24, 2.45) is 0 Å². The van der Waals surface area contributed by atoms with Crippen molar-refractivity contribution in [1.82, 2.24) is 0 Å². The number of unbranched alkanes of at least 4 members (excludes halogenated alkanes) is 65. The largest absolute Gasteiger partial charge is 0.545 e. The van der Waals surface area contributed by atoms with Crippen LogP contribution in [0.25, 0.3) is 0 Å². The van der Waals surface area contributed by atoms with E-state index in [2.05, 4.69) is 13.8 Å². The molecule has 0 fully saturated rings. The molecule has 0 N–H and O–H groups in total. The van der Waals surface area contributed by atoms with Crippen molar-refractivity contribution in [3.63, 3.8) is 0 Å². The van der Waals surface area contributed by atoms with Crippen LogP contribution in [0.1, 0.15) is 457 Å². The molecule has 0 aromatic heterocycles. The normalized spacial score (nSPS) is 12.5. The number of carboxylic acid groups (broad SMARTS) is 1. The summed E-state index contributed by atoms with van der Waals surface area (Å²) < 4.78 is 22.9. The van der Waals surface area contributed by atoms with E-state index in [1.54, 1.807) is 0 Å². The highest BCUT2D eigenvalue weighted by molar-refractivity contribution is 5.70. The highest BCUT2D eigenvalue weighted by Crippen LogP contribution is 2.21. The fourth-order valence-electron chi connectivity index (χ4n) is 13.3. The predicted octanol–water partition coefficient (Wildman–Crippen LogP) is 25.2. The molecule has 9 nitrogen and oxygen atoms in total. The number of quaternary nitrogens is 1. The van der Waals surface area contributed by atoms with Crippen LogP contribution in [0.4, 0.5) is 0 Å². The number of rotatable bonds is 80. The van der Waals surface area contributed by atoms with Crippen molar-refractivity contribution < 1.29 is 42.9 Å². The summed E-state index contributed by atoms with van der Waals surface area (Å²) >= 11 is 0. The average Bonchev–Trinajstić information content (AvgIpc) is 3.75. The molecule has 0 aromatic rings. The zero-order valence-corrected chi connectivity index (χ0v) is 63.0. The van der Waals surface area contributed by atoms with E-state index in [0.717, 1.165) is 38.5 Å². The first-order chi connectivity index (χ1) is 45.1. The Bertz CT molecular complexity index is 1470. The minimum Gasteiger partial charge on any atom is -0.545 e. The fourth-order valence-corrected chi connectivity index (χ4v) is 13.3. The number of aliphatic carboxylic acids is 1. The maximum atomic E-state index is 13.0. The minimum atomic E-state index is -1.62. The van der Waals surface area contributed by atoms with Crippen molar-refractivity contribution in [1.29, 1.82) is 0 Å². The van der Waals surface area contributed by atoms with Crippen LogP contribution in [-0.2, 0) is 33.3 Å². The molecule has 0 aromatic carbocycles. The van der Waals surface area contributed by atoms with E-state index < -0.39 is 24.3 Å². The Morgan fingerprint density at radius 2 is 0.489 bits per heavy atom. The quantitative estimate of drug-likeness (QED) is 0.0256. The number of carbonyl (C=O) groups is 3. The van der Waals surface area contributed by atoms with Gasteiger partial charge in [-0.3, -0.25) is 9.59 Å². The third-order valence-corrected chi connectivity index (χ3v) is 19.6. The van der Waals surface area contributed by atoms with Gasteiger partial charge in [0.25, 0.3) is 0 Å². The van der Waals surface area contributed by atoms with Crippen molar-refractivity contribution in [3.05, 3.63) is 0 Å². The molecule has 548 valence electrons. The molecule has 0 saturated heterocycles. The summed E-state index contributed by atoms with van der Waals surface area (Å²) in [5.74, 6) is -2.24. The van der Waals surface area contributed by atoms with E-state index in [-0.39, 0.29) is 32.2 Å². The van der Waals surface area contributed by atoms with Crippen molar-refractivity contribution in [3.8, 4) is 0 Å². The lowest BCUT2D eigenvalue weighted by Crippen LogP contribution is -2.44. The van der Waals surface area contributed by atoms with Crippen LogP contribution in [0, 0.1) is 0 Å². The Morgan fingerprint density at radius 3 is 0.696 bits per heavy atom. The second-order valence-electron chi connectivity index (χ2n) is 30.1. The molecule has 9 heteroatoms. The van der Waals surface area contributed by atoms with Gasteiger partial charge in [-0.2, -0.15) is 0 Å². The maximum absolute atomic E-state index is 13.0. The molecular formula is C83H163NO8. The molecule has 0 amide bonds. The second-order valence-corrected chi connectivity index (χ2v) is 30.1. The SMILES string of the molecule is CCCCCCCCCCCCCCCCCCCCCCCCCCCCCCCCCCCCCCCCCC(=O)OC(COC(=O)CCCCCCCCCCCCCCCCCCCCCCCCCCCCCC)COC(OCC[N+](C)(C)C)C(=O)[O-]. The lowest BCUT2D eigenvalue weighted by molar-refractivity contribution is -0.870. The Kier molecular flexibility index (Phi) is 73.7. The topological polar surface area (TPSA) is 111 Å². The van der Waals surface area contributed by atoms with E-state index in [4.69, 9.17) is 18.9 Å². The third kappa shape index (κ3) is 75.7. The molecule has 0 heterocycles. The molecule has 2 atom stereocenters. The van der Waals surface area contributed by atoms with Crippen LogP contribution >= 0.6 is 0 Å². The number of nitrogens with zero attached hydrogens (tertiary/aromatic N) is 1. The number of hydrogen-bond acceptors (Lipinski definition) is 8. The molecule has 0 aliphatic carbocycles. The number of carbonyl (C=O) groups excluding carboxylic acids is 3. The van der Waals surface area contributed by atoms with E-state index in [1.807, 2.05) is 21.1 Å². The summed E-state index contributed by atoms with van der Waals surface area (Å²) in [7, 11) is 5.96. The smallest absolute Gasteiger partial charge is 0.306 e. The first-order valence-corrected chi connectivity index (χ1v) is 41.7. The van der Waals surface area contributed by atoms with Crippen molar-refractivity contribution in [2.75, 3.05) is 47.5 Å². The average molecular weight is 1300 g/mol. The van der Waals surface area contributed by atoms with Gasteiger partial charge >= 0.3 is 11.9 Å². The minimum absolute atomic E-state index is 0.154. The Balaban J connectivity index is 3.90. The number of ether oxygens (including phenoxy) is 4. The summed E-state index contributed by atoms with van der Waals surface area (Å²) in [6.45, 7) is 4.86. The number of esters is 2. The van der Waals surface area contributed by atoms with Crippen LogP contribution in [0.3, 0.4) is 0 Å². The number of likely N-dealkylation sites (N-methyl/N-ethyl adjacent to an activating group) is 1. The highest BCUT2D eigenvalue weighted by atomic mass is 16.7. The highest BCUT2D eigenvalue weighted by Gasteiger charge is 2.22. The van der Waals surface area contributed by atoms with Gasteiger partial charge in [-0.05, 0) is 12.8 Å². The van der Waals surface area contributed by atoms with Crippen molar-refractivity contribution in [2.45, 2.75) is 469 Å². The van der Waals surface area contributed by atoms with E-state index in [0.29, 0.717) is 17.4 Å². The zero-order chi connectivity index (χ0) is 66.8. The molecule has 0 rings (SSSR count). The van der Waals surface area contributed by atoms with E-state index >= 15 is 0 Å². The second kappa shape index (κ2) is 75.1. The first-order valence-electron chi connectivity index (χ1n) is 41.7. The lowest BCUT2D eigenvalue weighted by Gasteiger charge is -2.26. The molecule has 2 unspecified atom stereocenters. The van der Waals surface area contributed by atoms with Crippen molar-refractivity contribution >= 4 is 17.9 Å². The van der Waals surface area contributed by atoms with E-state index in [9.17, 15) is 19.5 Å². The molecule has 0 aliphatic heterocycles. The zero-order valence-electron chi connectivity index (χ0n) is 63.0. The summed E-state index contributed by atoms with van der Waals surface area (Å²) in [4.78, 5) is 37.6. The number of carboxylic acids is 1. The fraction of sp³-hybridized carbons (Fsp3) is 0.964.